The summed E-state index contributed by atoms with van der Waals surface area (Å²) < 4.78 is 0. The van der Waals surface area contributed by atoms with Crippen LogP contribution in [-0.4, -0.2) is 22.4 Å². The van der Waals surface area contributed by atoms with Crippen molar-refractivity contribution in [2.45, 2.75) is 6.42 Å². The predicted molar refractivity (Wildman–Crippen MR) is 96.1 cm³/mol. The van der Waals surface area contributed by atoms with Crippen LogP contribution in [0.4, 0.5) is 0 Å². The number of nitrogens with zero attached hydrogens (tertiary/aromatic N) is 1. The Hall–Kier alpha value is -3.14. The number of aromatic nitrogens is 2. The first-order valence-electron chi connectivity index (χ1n) is 7.99. The van der Waals surface area contributed by atoms with Gasteiger partial charge in [-0.15, -0.1) is 0 Å². The fourth-order valence-corrected chi connectivity index (χ4v) is 2.97. The molecule has 0 atom stereocenters. The van der Waals surface area contributed by atoms with Crippen LogP contribution in [0.5, 0.6) is 0 Å². The molecule has 0 aliphatic rings. The lowest BCUT2D eigenvalue weighted by atomic mass is 10.1. The maximum absolute atomic E-state index is 12.3. The first kappa shape index (κ1) is 14.5. The van der Waals surface area contributed by atoms with Crippen LogP contribution in [0.25, 0.3) is 21.8 Å². The van der Waals surface area contributed by atoms with E-state index in [1.165, 1.54) is 10.9 Å². The van der Waals surface area contributed by atoms with Crippen molar-refractivity contribution in [3.8, 4) is 0 Å². The molecule has 2 heterocycles. The molecule has 0 saturated heterocycles. The lowest BCUT2D eigenvalue weighted by Crippen LogP contribution is -2.25. The van der Waals surface area contributed by atoms with Gasteiger partial charge in [0.25, 0.3) is 5.91 Å². The van der Waals surface area contributed by atoms with Gasteiger partial charge >= 0.3 is 0 Å². The maximum Gasteiger partial charge on any atom is 0.251 e. The molecule has 4 heteroatoms. The Morgan fingerprint density at radius 3 is 2.96 bits per heavy atom. The van der Waals surface area contributed by atoms with Crippen molar-refractivity contribution in [3.63, 3.8) is 0 Å². The number of rotatable bonds is 4. The Bertz CT molecular complexity index is 1020. The summed E-state index contributed by atoms with van der Waals surface area (Å²) in [6, 6.07) is 17.6. The molecule has 0 spiro atoms. The van der Waals surface area contributed by atoms with Crippen LogP contribution >= 0.6 is 0 Å². The molecule has 0 unspecified atom stereocenters. The average molecular weight is 315 g/mol. The molecule has 118 valence electrons. The largest absolute Gasteiger partial charge is 0.361 e. The number of pyridine rings is 1. The minimum atomic E-state index is -0.0550. The Morgan fingerprint density at radius 2 is 2.00 bits per heavy atom. The van der Waals surface area contributed by atoms with E-state index in [-0.39, 0.29) is 5.91 Å². The molecule has 0 aliphatic carbocycles. The molecular weight excluding hydrogens is 298 g/mol. The summed E-state index contributed by atoms with van der Waals surface area (Å²) >= 11 is 0. The van der Waals surface area contributed by atoms with Crippen molar-refractivity contribution in [1.29, 1.82) is 0 Å². The smallest absolute Gasteiger partial charge is 0.251 e. The van der Waals surface area contributed by atoms with Crippen LogP contribution in [0, 0.1) is 0 Å². The van der Waals surface area contributed by atoms with Crippen molar-refractivity contribution in [2.75, 3.05) is 6.54 Å². The van der Waals surface area contributed by atoms with Crippen LogP contribution in [0.1, 0.15) is 15.9 Å². The van der Waals surface area contributed by atoms with E-state index >= 15 is 0 Å². The van der Waals surface area contributed by atoms with Gasteiger partial charge in [0.05, 0.1) is 5.52 Å². The summed E-state index contributed by atoms with van der Waals surface area (Å²) in [6.07, 6.45) is 4.56. The van der Waals surface area contributed by atoms with Crippen molar-refractivity contribution in [3.05, 3.63) is 78.1 Å². The highest BCUT2D eigenvalue weighted by Crippen LogP contribution is 2.18. The number of para-hydroxylation sites is 1. The third kappa shape index (κ3) is 2.74. The van der Waals surface area contributed by atoms with Gasteiger partial charge in [-0.1, -0.05) is 24.3 Å². The van der Waals surface area contributed by atoms with E-state index in [9.17, 15) is 4.79 Å². The fraction of sp³-hybridized carbons (Fsp3) is 0.100. The number of hydrogen-bond donors (Lipinski definition) is 2. The van der Waals surface area contributed by atoms with Crippen LogP contribution in [0.2, 0.25) is 0 Å². The predicted octanol–water partition coefficient (Wildman–Crippen LogP) is 3.69. The molecule has 0 bridgehead atoms. The highest BCUT2D eigenvalue weighted by atomic mass is 16.1. The number of carbonyl (C=O) groups is 1. The number of fused-ring (bicyclic) bond motifs is 2. The summed E-state index contributed by atoms with van der Waals surface area (Å²) in [5.41, 5.74) is 3.90. The number of aromatic amines is 1. The second-order valence-corrected chi connectivity index (χ2v) is 5.78. The van der Waals surface area contributed by atoms with Gasteiger partial charge < -0.3 is 10.3 Å². The molecule has 2 aromatic carbocycles. The van der Waals surface area contributed by atoms with E-state index in [4.69, 9.17) is 0 Å². The summed E-state index contributed by atoms with van der Waals surface area (Å²) in [6.45, 7) is 0.603. The highest BCUT2D eigenvalue weighted by molar-refractivity contribution is 5.97. The van der Waals surface area contributed by atoms with E-state index in [0.29, 0.717) is 12.1 Å². The highest BCUT2D eigenvalue weighted by Gasteiger charge is 2.07. The molecular formula is C20H17N3O. The Kier molecular flexibility index (Phi) is 3.71. The zero-order valence-corrected chi connectivity index (χ0v) is 13.1. The second-order valence-electron chi connectivity index (χ2n) is 5.78. The Labute approximate surface area is 139 Å². The minimum Gasteiger partial charge on any atom is -0.361 e. The first-order chi connectivity index (χ1) is 11.8. The van der Waals surface area contributed by atoms with E-state index in [0.717, 1.165) is 22.8 Å². The number of H-pyrrole nitrogens is 1. The third-order valence-corrected chi connectivity index (χ3v) is 4.22. The van der Waals surface area contributed by atoms with Crippen LogP contribution < -0.4 is 5.32 Å². The lowest BCUT2D eigenvalue weighted by Gasteiger charge is -2.06. The molecule has 2 N–H and O–H groups in total. The van der Waals surface area contributed by atoms with E-state index in [1.54, 1.807) is 6.20 Å². The topological polar surface area (TPSA) is 57.8 Å². The molecule has 0 aliphatic heterocycles. The quantitative estimate of drug-likeness (QED) is 0.603. The molecule has 0 saturated carbocycles. The first-order valence-corrected chi connectivity index (χ1v) is 7.99. The average Bonchev–Trinajstić information content (AvgIpc) is 3.04. The van der Waals surface area contributed by atoms with Crippen molar-refractivity contribution in [1.82, 2.24) is 15.3 Å². The van der Waals surface area contributed by atoms with Gasteiger partial charge in [0.2, 0.25) is 0 Å². The number of hydrogen-bond acceptors (Lipinski definition) is 2. The molecule has 4 rings (SSSR count). The van der Waals surface area contributed by atoms with Crippen molar-refractivity contribution >= 4 is 27.7 Å². The summed E-state index contributed by atoms with van der Waals surface area (Å²) in [5.74, 6) is -0.0550. The molecule has 4 nitrogen and oxygen atoms in total. The number of carbonyl (C=O) groups excluding carboxylic acids is 1. The van der Waals surface area contributed by atoms with Gasteiger partial charge in [-0.25, -0.2) is 0 Å². The number of benzene rings is 2. The SMILES string of the molecule is O=C(NCCc1c[nH]c2ccccc12)c1ccc2ncccc2c1. The van der Waals surface area contributed by atoms with Crippen molar-refractivity contribution in [2.24, 2.45) is 0 Å². The van der Waals surface area contributed by atoms with E-state index < -0.39 is 0 Å². The Morgan fingerprint density at radius 1 is 1.08 bits per heavy atom. The van der Waals surface area contributed by atoms with Gasteiger partial charge in [0.15, 0.2) is 0 Å². The van der Waals surface area contributed by atoms with Crippen molar-refractivity contribution < 1.29 is 4.79 Å². The molecule has 2 aromatic heterocycles. The fourth-order valence-electron chi connectivity index (χ4n) is 2.97. The van der Waals surface area contributed by atoms with Crippen LogP contribution in [-0.2, 0) is 6.42 Å². The zero-order chi connectivity index (χ0) is 16.4. The third-order valence-electron chi connectivity index (χ3n) is 4.22. The molecule has 1 amide bonds. The van der Waals surface area contributed by atoms with Gasteiger partial charge in [-0.2, -0.15) is 0 Å². The summed E-state index contributed by atoms with van der Waals surface area (Å²) in [7, 11) is 0. The van der Waals surface area contributed by atoms with Gasteiger partial charge in [-0.3, -0.25) is 9.78 Å². The normalized spacial score (nSPS) is 11.0. The Balaban J connectivity index is 1.44. The van der Waals surface area contributed by atoms with Gasteiger partial charge in [-0.05, 0) is 42.3 Å². The molecule has 0 radical (unpaired) electrons. The standard InChI is InChI=1S/C20H17N3O/c24-20(15-7-8-18-14(12-15)4-3-10-21-18)22-11-9-16-13-23-19-6-2-1-5-17(16)19/h1-8,10,12-13,23H,9,11H2,(H,22,24). The summed E-state index contributed by atoms with van der Waals surface area (Å²) in [4.78, 5) is 19.9. The van der Waals surface area contributed by atoms with Gasteiger partial charge in [0.1, 0.15) is 0 Å². The number of amides is 1. The molecule has 4 aromatic rings. The lowest BCUT2D eigenvalue weighted by molar-refractivity contribution is 0.0954. The molecule has 24 heavy (non-hydrogen) atoms. The van der Waals surface area contributed by atoms with E-state index in [2.05, 4.69) is 27.4 Å². The second kappa shape index (κ2) is 6.16. The monoisotopic (exact) mass is 315 g/mol. The summed E-state index contributed by atoms with van der Waals surface area (Å²) in [5, 5.41) is 5.18. The van der Waals surface area contributed by atoms with Gasteiger partial charge in [0, 0.05) is 40.8 Å². The van der Waals surface area contributed by atoms with E-state index in [1.807, 2.05) is 48.7 Å². The van der Waals surface area contributed by atoms with Crippen LogP contribution in [0.15, 0.2) is 67.0 Å². The number of nitrogens with one attached hydrogen (secondary N) is 2. The molecule has 0 fully saturated rings. The zero-order valence-electron chi connectivity index (χ0n) is 13.1. The van der Waals surface area contributed by atoms with Crippen LogP contribution in [0.3, 0.4) is 0 Å². The maximum atomic E-state index is 12.3. The minimum absolute atomic E-state index is 0.0550.